The average molecular weight is 261 g/mol. The molecule has 0 aliphatic heterocycles. The molecule has 2 aromatic rings. The van der Waals surface area contributed by atoms with Crippen molar-refractivity contribution in [2.75, 3.05) is 7.05 Å². The first-order chi connectivity index (χ1) is 8.67. The van der Waals surface area contributed by atoms with Crippen LogP contribution < -0.4 is 5.32 Å². The highest BCUT2D eigenvalue weighted by molar-refractivity contribution is 7.99. The van der Waals surface area contributed by atoms with Crippen molar-refractivity contribution in [2.24, 2.45) is 0 Å². The standard InChI is InChI=1S/C15H16FNS/c1-11-3-5-14(6-4-11)18-15-8-12(10-17-2)7-13(16)9-15/h3-9,17H,10H2,1-2H3. The molecule has 0 aliphatic rings. The lowest BCUT2D eigenvalue weighted by Crippen LogP contribution is -2.05. The second kappa shape index (κ2) is 6.03. The minimum Gasteiger partial charge on any atom is -0.316 e. The highest BCUT2D eigenvalue weighted by atomic mass is 32.2. The summed E-state index contributed by atoms with van der Waals surface area (Å²) >= 11 is 1.58. The first-order valence-corrected chi connectivity index (χ1v) is 6.67. The van der Waals surface area contributed by atoms with Gasteiger partial charge in [0.2, 0.25) is 0 Å². The van der Waals surface area contributed by atoms with Crippen LogP contribution in [0.25, 0.3) is 0 Å². The predicted molar refractivity (Wildman–Crippen MR) is 74.5 cm³/mol. The van der Waals surface area contributed by atoms with Crippen LogP contribution in [0.2, 0.25) is 0 Å². The highest BCUT2D eigenvalue weighted by Crippen LogP contribution is 2.29. The number of halogens is 1. The summed E-state index contributed by atoms with van der Waals surface area (Å²) in [5, 5.41) is 3.03. The smallest absolute Gasteiger partial charge is 0.124 e. The van der Waals surface area contributed by atoms with Crippen LogP contribution in [0.3, 0.4) is 0 Å². The van der Waals surface area contributed by atoms with Gasteiger partial charge >= 0.3 is 0 Å². The molecule has 1 nitrogen and oxygen atoms in total. The van der Waals surface area contributed by atoms with E-state index in [4.69, 9.17) is 0 Å². The van der Waals surface area contributed by atoms with Crippen molar-refractivity contribution in [3.8, 4) is 0 Å². The van der Waals surface area contributed by atoms with Crippen molar-refractivity contribution in [1.82, 2.24) is 5.32 Å². The zero-order chi connectivity index (χ0) is 13.0. The van der Waals surface area contributed by atoms with E-state index >= 15 is 0 Å². The summed E-state index contributed by atoms with van der Waals surface area (Å²) in [6, 6.07) is 13.4. The normalized spacial score (nSPS) is 10.6. The molecule has 0 heterocycles. The van der Waals surface area contributed by atoms with Gasteiger partial charge in [0.1, 0.15) is 5.82 Å². The fourth-order valence-corrected chi connectivity index (χ4v) is 2.65. The number of nitrogens with one attached hydrogen (secondary N) is 1. The fraction of sp³-hybridized carbons (Fsp3) is 0.200. The van der Waals surface area contributed by atoms with E-state index in [2.05, 4.69) is 36.5 Å². The highest BCUT2D eigenvalue weighted by Gasteiger charge is 2.02. The first kappa shape index (κ1) is 13.1. The third kappa shape index (κ3) is 3.59. The van der Waals surface area contributed by atoms with E-state index < -0.39 is 0 Å². The zero-order valence-electron chi connectivity index (χ0n) is 10.5. The Bertz CT molecular complexity index is 523. The second-order valence-corrected chi connectivity index (χ2v) is 5.39. The number of benzene rings is 2. The summed E-state index contributed by atoms with van der Waals surface area (Å²) in [4.78, 5) is 2.06. The lowest BCUT2D eigenvalue weighted by molar-refractivity contribution is 0.619. The lowest BCUT2D eigenvalue weighted by Gasteiger charge is -2.06. The van der Waals surface area contributed by atoms with Crippen molar-refractivity contribution in [1.29, 1.82) is 0 Å². The van der Waals surface area contributed by atoms with Crippen LogP contribution in [-0.2, 0) is 6.54 Å². The zero-order valence-corrected chi connectivity index (χ0v) is 11.4. The Kier molecular flexibility index (Phi) is 4.39. The summed E-state index contributed by atoms with van der Waals surface area (Å²) in [6.45, 7) is 2.74. The molecule has 0 saturated heterocycles. The lowest BCUT2D eigenvalue weighted by atomic mass is 10.2. The minimum atomic E-state index is -0.183. The Morgan fingerprint density at radius 1 is 1.06 bits per heavy atom. The van der Waals surface area contributed by atoms with E-state index in [0.717, 1.165) is 15.4 Å². The average Bonchev–Trinajstić information content (AvgIpc) is 2.32. The fourth-order valence-electron chi connectivity index (χ4n) is 1.73. The molecule has 0 atom stereocenters. The van der Waals surface area contributed by atoms with Gasteiger partial charge in [-0.2, -0.15) is 0 Å². The minimum absolute atomic E-state index is 0.183. The molecular weight excluding hydrogens is 245 g/mol. The Labute approximate surface area is 111 Å². The van der Waals surface area contributed by atoms with E-state index in [1.165, 1.54) is 5.56 Å². The van der Waals surface area contributed by atoms with Crippen LogP contribution in [0, 0.1) is 12.7 Å². The van der Waals surface area contributed by atoms with E-state index in [0.29, 0.717) is 6.54 Å². The number of rotatable bonds is 4. The molecule has 0 fully saturated rings. The van der Waals surface area contributed by atoms with Crippen LogP contribution in [-0.4, -0.2) is 7.05 Å². The maximum absolute atomic E-state index is 13.5. The summed E-state index contributed by atoms with van der Waals surface area (Å²) in [7, 11) is 1.86. The molecular formula is C15H16FNS. The molecule has 0 spiro atoms. The summed E-state index contributed by atoms with van der Waals surface area (Å²) in [5.41, 5.74) is 2.20. The van der Waals surface area contributed by atoms with E-state index in [-0.39, 0.29) is 5.82 Å². The molecule has 3 heteroatoms. The van der Waals surface area contributed by atoms with Crippen LogP contribution in [0.1, 0.15) is 11.1 Å². The Hall–Kier alpha value is -1.32. The molecule has 0 aliphatic carbocycles. The molecule has 94 valence electrons. The molecule has 2 aromatic carbocycles. The maximum Gasteiger partial charge on any atom is 0.124 e. The maximum atomic E-state index is 13.5. The van der Waals surface area contributed by atoms with Crippen molar-refractivity contribution in [2.45, 2.75) is 23.3 Å². The topological polar surface area (TPSA) is 12.0 Å². The van der Waals surface area contributed by atoms with Gasteiger partial charge in [-0.05, 0) is 49.9 Å². The molecule has 0 bridgehead atoms. The van der Waals surface area contributed by atoms with Gasteiger partial charge in [-0.25, -0.2) is 4.39 Å². The quantitative estimate of drug-likeness (QED) is 0.892. The third-order valence-electron chi connectivity index (χ3n) is 2.57. The van der Waals surface area contributed by atoms with Crippen LogP contribution in [0.4, 0.5) is 4.39 Å². The predicted octanol–water partition coefficient (Wildman–Crippen LogP) is 4.00. The molecule has 2 rings (SSSR count). The van der Waals surface area contributed by atoms with Crippen LogP contribution in [0.15, 0.2) is 52.3 Å². The molecule has 0 amide bonds. The summed E-state index contributed by atoms with van der Waals surface area (Å²) in [6.07, 6.45) is 0. The van der Waals surface area contributed by atoms with Crippen LogP contribution >= 0.6 is 11.8 Å². The van der Waals surface area contributed by atoms with E-state index in [1.54, 1.807) is 23.9 Å². The molecule has 0 saturated carbocycles. The van der Waals surface area contributed by atoms with Gasteiger partial charge in [0.25, 0.3) is 0 Å². The van der Waals surface area contributed by atoms with Gasteiger partial charge in [0.05, 0.1) is 0 Å². The second-order valence-electron chi connectivity index (χ2n) is 4.24. The van der Waals surface area contributed by atoms with Crippen molar-refractivity contribution >= 4 is 11.8 Å². The number of hydrogen-bond acceptors (Lipinski definition) is 2. The Morgan fingerprint density at radius 2 is 1.78 bits per heavy atom. The third-order valence-corrected chi connectivity index (χ3v) is 3.55. The summed E-state index contributed by atoms with van der Waals surface area (Å²) < 4.78 is 13.5. The molecule has 18 heavy (non-hydrogen) atoms. The van der Waals surface area contributed by atoms with Gasteiger partial charge in [0.15, 0.2) is 0 Å². The van der Waals surface area contributed by atoms with E-state index in [1.807, 2.05) is 13.1 Å². The van der Waals surface area contributed by atoms with Crippen molar-refractivity contribution in [3.05, 3.63) is 59.4 Å². The number of aryl methyl sites for hydroxylation is 1. The molecule has 0 unspecified atom stereocenters. The SMILES string of the molecule is CNCc1cc(F)cc(Sc2ccc(C)cc2)c1. The van der Waals surface area contributed by atoms with Gasteiger partial charge < -0.3 is 5.32 Å². The Morgan fingerprint density at radius 3 is 2.44 bits per heavy atom. The van der Waals surface area contributed by atoms with Gasteiger partial charge in [-0.1, -0.05) is 29.5 Å². The first-order valence-electron chi connectivity index (χ1n) is 5.86. The van der Waals surface area contributed by atoms with Crippen molar-refractivity contribution in [3.63, 3.8) is 0 Å². The Balaban J connectivity index is 2.20. The molecule has 0 aromatic heterocycles. The monoisotopic (exact) mass is 261 g/mol. The van der Waals surface area contributed by atoms with Crippen LogP contribution in [0.5, 0.6) is 0 Å². The van der Waals surface area contributed by atoms with Gasteiger partial charge in [-0.3, -0.25) is 0 Å². The van der Waals surface area contributed by atoms with E-state index in [9.17, 15) is 4.39 Å². The van der Waals surface area contributed by atoms with Gasteiger partial charge in [0, 0.05) is 16.3 Å². The number of hydrogen-bond donors (Lipinski definition) is 1. The largest absolute Gasteiger partial charge is 0.316 e. The molecule has 1 N–H and O–H groups in total. The van der Waals surface area contributed by atoms with Gasteiger partial charge in [-0.15, -0.1) is 0 Å². The summed E-state index contributed by atoms with van der Waals surface area (Å²) in [5.74, 6) is -0.183. The van der Waals surface area contributed by atoms with Crippen molar-refractivity contribution < 1.29 is 4.39 Å². The molecule has 0 radical (unpaired) electrons.